The van der Waals surface area contributed by atoms with Crippen LogP contribution in [0.3, 0.4) is 0 Å². The molecule has 3 amide bonds. The molecule has 0 aromatic heterocycles. The summed E-state index contributed by atoms with van der Waals surface area (Å²) in [6.45, 7) is 8.52. The number of phenols is 1. The van der Waals surface area contributed by atoms with Gasteiger partial charge in [-0.3, -0.25) is 9.59 Å². The largest absolute Gasteiger partial charge is 0.508 e. The summed E-state index contributed by atoms with van der Waals surface area (Å²) in [5.41, 5.74) is 0.480. The number of rotatable bonds is 12. The molecule has 0 spiro atoms. The molecule has 3 atom stereocenters. The Morgan fingerprint density at radius 2 is 1.63 bits per heavy atom. The molecule has 0 aliphatic heterocycles. The molecule has 38 heavy (non-hydrogen) atoms. The van der Waals surface area contributed by atoms with E-state index in [1.165, 1.54) is 17.0 Å². The monoisotopic (exact) mass is 527 g/mol. The molecule has 0 aliphatic rings. The third-order valence-corrected chi connectivity index (χ3v) is 5.77. The number of ether oxygens (including phenoxy) is 1. The van der Waals surface area contributed by atoms with Gasteiger partial charge in [0.2, 0.25) is 11.8 Å². The van der Waals surface area contributed by atoms with Gasteiger partial charge in [-0.05, 0) is 57.4 Å². The van der Waals surface area contributed by atoms with Crippen molar-refractivity contribution < 1.29 is 29.3 Å². The maximum absolute atomic E-state index is 14.1. The highest BCUT2D eigenvalue weighted by molar-refractivity contribution is 5.92. The molecular weight excluding hydrogens is 486 g/mol. The Hall–Kier alpha value is -3.59. The van der Waals surface area contributed by atoms with Gasteiger partial charge in [0.1, 0.15) is 23.4 Å². The Labute approximate surface area is 225 Å². The van der Waals surface area contributed by atoms with E-state index in [1.54, 1.807) is 32.9 Å². The second kappa shape index (κ2) is 14.4. The van der Waals surface area contributed by atoms with Gasteiger partial charge in [0.05, 0.1) is 6.61 Å². The maximum atomic E-state index is 14.1. The van der Waals surface area contributed by atoms with E-state index in [2.05, 4.69) is 10.6 Å². The van der Waals surface area contributed by atoms with Gasteiger partial charge in [-0.2, -0.15) is 0 Å². The Morgan fingerprint density at radius 1 is 1.00 bits per heavy atom. The van der Waals surface area contributed by atoms with Crippen molar-refractivity contribution in [2.45, 2.75) is 77.6 Å². The van der Waals surface area contributed by atoms with E-state index in [0.717, 1.165) is 18.4 Å². The molecule has 4 N–H and O–H groups in total. The minimum Gasteiger partial charge on any atom is -0.508 e. The molecule has 9 nitrogen and oxygen atoms in total. The molecule has 0 radical (unpaired) electrons. The zero-order valence-electron chi connectivity index (χ0n) is 22.9. The van der Waals surface area contributed by atoms with Crippen LogP contribution < -0.4 is 10.6 Å². The van der Waals surface area contributed by atoms with Crippen LogP contribution in [0.4, 0.5) is 4.79 Å². The number of nitrogens with zero attached hydrogens (tertiary/aromatic N) is 1. The Balaban J connectivity index is 2.49. The van der Waals surface area contributed by atoms with Crippen molar-refractivity contribution in [2.24, 2.45) is 0 Å². The second-order valence-electron chi connectivity index (χ2n) is 10.3. The molecule has 0 fully saturated rings. The maximum Gasteiger partial charge on any atom is 0.408 e. The van der Waals surface area contributed by atoms with E-state index in [9.17, 15) is 24.6 Å². The van der Waals surface area contributed by atoms with E-state index in [1.807, 2.05) is 44.2 Å². The molecule has 0 saturated heterocycles. The molecular formula is C29H41N3O6. The average molecular weight is 528 g/mol. The minimum absolute atomic E-state index is 0.0147. The first-order valence-corrected chi connectivity index (χ1v) is 13.0. The van der Waals surface area contributed by atoms with Crippen molar-refractivity contribution in [3.63, 3.8) is 0 Å². The van der Waals surface area contributed by atoms with Crippen LogP contribution in [-0.4, -0.2) is 63.9 Å². The van der Waals surface area contributed by atoms with Gasteiger partial charge in [0.15, 0.2) is 0 Å². The summed E-state index contributed by atoms with van der Waals surface area (Å²) in [6.07, 6.45) is 0.997. The highest BCUT2D eigenvalue weighted by Gasteiger charge is 2.36. The van der Waals surface area contributed by atoms with Gasteiger partial charge in [-0.1, -0.05) is 55.8 Å². The number of amides is 3. The summed E-state index contributed by atoms with van der Waals surface area (Å²) in [5, 5.41) is 25.3. The van der Waals surface area contributed by atoms with Crippen LogP contribution in [0.1, 0.15) is 64.6 Å². The lowest BCUT2D eigenvalue weighted by atomic mass is 9.99. The number of aliphatic hydroxyl groups is 1. The van der Waals surface area contributed by atoms with Crippen LogP contribution in [0.25, 0.3) is 0 Å². The van der Waals surface area contributed by atoms with E-state index >= 15 is 0 Å². The second-order valence-corrected chi connectivity index (χ2v) is 10.3. The summed E-state index contributed by atoms with van der Waals surface area (Å²) < 4.78 is 5.40. The summed E-state index contributed by atoms with van der Waals surface area (Å²) in [5.74, 6) is -0.958. The van der Waals surface area contributed by atoms with Crippen molar-refractivity contribution in [1.82, 2.24) is 15.5 Å². The first-order valence-electron chi connectivity index (χ1n) is 13.0. The van der Waals surface area contributed by atoms with Gasteiger partial charge >= 0.3 is 6.09 Å². The predicted octanol–water partition coefficient (Wildman–Crippen LogP) is 3.70. The van der Waals surface area contributed by atoms with Crippen molar-refractivity contribution in [2.75, 3.05) is 13.2 Å². The SMILES string of the molecule is CCCC(C)NC(=O)C(c1ccc(O)cc1)N(CCO)C(=O)C(Cc1ccccc1)NC(=O)OC(C)(C)C. The van der Waals surface area contributed by atoms with Gasteiger partial charge in [-0.15, -0.1) is 0 Å². The van der Waals surface area contributed by atoms with Crippen molar-refractivity contribution in [3.05, 3.63) is 65.7 Å². The van der Waals surface area contributed by atoms with Gasteiger partial charge in [0.25, 0.3) is 0 Å². The summed E-state index contributed by atoms with van der Waals surface area (Å²) >= 11 is 0. The van der Waals surface area contributed by atoms with E-state index < -0.39 is 42.2 Å². The molecule has 3 unspecified atom stereocenters. The fourth-order valence-electron chi connectivity index (χ4n) is 4.13. The highest BCUT2D eigenvalue weighted by atomic mass is 16.6. The summed E-state index contributed by atoms with van der Waals surface area (Å²) in [7, 11) is 0. The number of carbonyl (C=O) groups is 3. The molecule has 2 aromatic rings. The first kappa shape index (κ1) is 30.6. The molecule has 2 aromatic carbocycles. The van der Waals surface area contributed by atoms with Crippen molar-refractivity contribution in [3.8, 4) is 5.75 Å². The minimum atomic E-state index is -1.10. The van der Waals surface area contributed by atoms with E-state index in [4.69, 9.17) is 4.74 Å². The van der Waals surface area contributed by atoms with Crippen LogP contribution in [0.2, 0.25) is 0 Å². The molecule has 0 bridgehead atoms. The van der Waals surface area contributed by atoms with Gasteiger partial charge in [-0.25, -0.2) is 4.79 Å². The Bertz CT molecular complexity index is 1040. The number of hydrogen-bond donors (Lipinski definition) is 4. The number of nitrogens with one attached hydrogen (secondary N) is 2. The number of alkyl carbamates (subject to hydrolysis) is 1. The molecule has 0 aliphatic carbocycles. The third-order valence-electron chi connectivity index (χ3n) is 5.77. The lowest BCUT2D eigenvalue weighted by molar-refractivity contribution is -0.143. The first-order chi connectivity index (χ1) is 17.9. The molecule has 9 heteroatoms. The lowest BCUT2D eigenvalue weighted by Gasteiger charge is -2.34. The van der Waals surface area contributed by atoms with E-state index in [-0.39, 0.29) is 24.8 Å². The zero-order chi connectivity index (χ0) is 28.3. The third kappa shape index (κ3) is 9.70. The number of benzene rings is 2. The number of aromatic hydroxyl groups is 1. The number of aliphatic hydroxyl groups excluding tert-OH is 1. The Morgan fingerprint density at radius 3 is 2.18 bits per heavy atom. The smallest absolute Gasteiger partial charge is 0.408 e. The van der Waals surface area contributed by atoms with Crippen LogP contribution in [0.5, 0.6) is 5.75 Å². The fourth-order valence-corrected chi connectivity index (χ4v) is 4.13. The summed E-state index contributed by atoms with van der Waals surface area (Å²) in [6, 6.07) is 12.9. The topological polar surface area (TPSA) is 128 Å². The lowest BCUT2D eigenvalue weighted by Crippen LogP contribution is -2.55. The molecule has 2 rings (SSSR count). The van der Waals surface area contributed by atoms with Gasteiger partial charge < -0.3 is 30.5 Å². The number of hydrogen-bond acceptors (Lipinski definition) is 6. The average Bonchev–Trinajstić information content (AvgIpc) is 2.83. The van der Waals surface area contributed by atoms with Crippen LogP contribution >= 0.6 is 0 Å². The van der Waals surface area contributed by atoms with Gasteiger partial charge in [0, 0.05) is 19.0 Å². The van der Waals surface area contributed by atoms with E-state index in [0.29, 0.717) is 5.56 Å². The normalized spacial score (nSPS) is 13.6. The molecule has 208 valence electrons. The summed E-state index contributed by atoms with van der Waals surface area (Å²) in [4.78, 5) is 41.6. The predicted molar refractivity (Wildman–Crippen MR) is 145 cm³/mol. The quantitative estimate of drug-likeness (QED) is 0.333. The van der Waals surface area contributed by atoms with Crippen molar-refractivity contribution >= 4 is 17.9 Å². The zero-order valence-corrected chi connectivity index (χ0v) is 22.9. The van der Waals surface area contributed by atoms with Crippen LogP contribution in [0, 0.1) is 0 Å². The number of carbonyl (C=O) groups excluding carboxylic acids is 3. The highest BCUT2D eigenvalue weighted by Crippen LogP contribution is 2.25. The van der Waals surface area contributed by atoms with Crippen molar-refractivity contribution in [1.29, 1.82) is 0 Å². The fraction of sp³-hybridized carbons (Fsp3) is 0.483. The molecule has 0 heterocycles. The van der Waals surface area contributed by atoms with Crippen LogP contribution in [0.15, 0.2) is 54.6 Å². The Kier molecular flexibility index (Phi) is 11.6. The van der Waals surface area contributed by atoms with Crippen LogP contribution in [-0.2, 0) is 20.7 Å². The standard InChI is InChI=1S/C29H41N3O6/c1-6-10-20(2)30-26(35)25(22-13-15-23(34)16-14-22)32(17-18-33)27(36)24(19-21-11-8-7-9-12-21)31-28(37)38-29(3,4)5/h7-9,11-16,20,24-25,33-34H,6,10,17-19H2,1-5H3,(H,30,35)(H,31,37). The molecule has 0 saturated carbocycles. The number of phenolic OH excluding ortho intramolecular Hbond substituents is 1.